The number of carbonyl (C=O) groups is 2. The van der Waals surface area contributed by atoms with Crippen molar-refractivity contribution >= 4 is 34.6 Å². The van der Waals surface area contributed by atoms with Crippen molar-refractivity contribution in [2.45, 2.75) is 13.0 Å². The van der Waals surface area contributed by atoms with Crippen molar-refractivity contribution in [1.29, 1.82) is 0 Å². The summed E-state index contributed by atoms with van der Waals surface area (Å²) in [5.74, 6) is -0.727. The molecule has 186 valence electrons. The number of phenols is 2. The normalized spacial score (nSPS) is 10.8. The number of aromatic nitrogens is 1. The lowest BCUT2D eigenvalue weighted by Gasteiger charge is -2.25. The highest BCUT2D eigenvalue weighted by Crippen LogP contribution is 2.25. The first-order valence-corrected chi connectivity index (χ1v) is 11.9. The van der Waals surface area contributed by atoms with E-state index in [1.165, 1.54) is 23.5 Å². The van der Waals surface area contributed by atoms with E-state index in [1.54, 1.807) is 40.1 Å². The highest BCUT2D eigenvalue weighted by molar-refractivity contribution is 7.09. The molecule has 0 fully saturated rings. The topological polar surface area (TPSA) is 144 Å². The van der Waals surface area contributed by atoms with Gasteiger partial charge in [0.15, 0.2) is 11.5 Å². The third-order valence-electron chi connectivity index (χ3n) is 5.20. The van der Waals surface area contributed by atoms with Crippen molar-refractivity contribution in [3.8, 4) is 11.5 Å². The van der Waals surface area contributed by atoms with Gasteiger partial charge in [0, 0.05) is 43.1 Å². The Morgan fingerprint density at radius 1 is 1.06 bits per heavy atom. The van der Waals surface area contributed by atoms with Crippen LogP contribution in [0.5, 0.6) is 11.5 Å². The summed E-state index contributed by atoms with van der Waals surface area (Å²) < 4.78 is 0. The molecule has 35 heavy (non-hydrogen) atoms. The van der Waals surface area contributed by atoms with E-state index in [2.05, 4.69) is 15.6 Å². The number of benzene rings is 1. The zero-order valence-electron chi connectivity index (χ0n) is 19.7. The van der Waals surface area contributed by atoms with E-state index >= 15 is 0 Å². The van der Waals surface area contributed by atoms with Gasteiger partial charge in [-0.05, 0) is 49.8 Å². The first kappa shape index (κ1) is 25.8. The number of anilines is 2. The molecule has 2 heterocycles. The van der Waals surface area contributed by atoms with Crippen LogP contribution in [-0.4, -0.2) is 70.7 Å². The number of nitrogens with one attached hydrogen (secondary N) is 2. The number of carbonyl (C=O) groups excluding carboxylic acids is 2. The van der Waals surface area contributed by atoms with Crippen LogP contribution in [0.2, 0.25) is 0 Å². The van der Waals surface area contributed by atoms with E-state index in [9.17, 15) is 19.8 Å². The van der Waals surface area contributed by atoms with E-state index in [1.807, 2.05) is 19.0 Å². The van der Waals surface area contributed by atoms with Gasteiger partial charge in [-0.3, -0.25) is 9.78 Å². The maximum Gasteiger partial charge on any atom is 0.317 e. The lowest BCUT2D eigenvalue weighted by Crippen LogP contribution is -2.43. The molecular formula is C24H30N6O4S. The van der Waals surface area contributed by atoms with Gasteiger partial charge in [0.05, 0.1) is 11.4 Å². The lowest BCUT2D eigenvalue weighted by molar-refractivity contribution is 0.102. The van der Waals surface area contributed by atoms with Crippen molar-refractivity contribution in [2.24, 2.45) is 0 Å². The Morgan fingerprint density at radius 3 is 2.46 bits per heavy atom. The van der Waals surface area contributed by atoms with Crippen LogP contribution in [-0.2, 0) is 13.0 Å². The van der Waals surface area contributed by atoms with Crippen LogP contribution in [0.1, 0.15) is 21.6 Å². The minimum atomic E-state index is -0.357. The molecule has 0 bridgehead atoms. The zero-order valence-corrected chi connectivity index (χ0v) is 20.5. The number of rotatable bonds is 10. The third kappa shape index (κ3) is 7.59. The van der Waals surface area contributed by atoms with Crippen molar-refractivity contribution < 1.29 is 19.8 Å². The molecule has 3 rings (SSSR count). The van der Waals surface area contributed by atoms with Gasteiger partial charge in [0.2, 0.25) is 0 Å². The molecule has 0 aliphatic heterocycles. The number of amides is 3. The van der Waals surface area contributed by atoms with Crippen LogP contribution in [0.25, 0.3) is 0 Å². The smallest absolute Gasteiger partial charge is 0.317 e. The van der Waals surface area contributed by atoms with Crippen LogP contribution in [0.15, 0.2) is 47.3 Å². The van der Waals surface area contributed by atoms with Gasteiger partial charge in [-0.25, -0.2) is 4.79 Å². The van der Waals surface area contributed by atoms with E-state index < -0.39 is 0 Å². The molecule has 0 saturated heterocycles. The maximum absolute atomic E-state index is 12.9. The molecule has 11 heteroatoms. The summed E-state index contributed by atoms with van der Waals surface area (Å²) >= 11 is 1.40. The number of hydrogen-bond donors (Lipinski definition) is 5. The fourth-order valence-corrected chi connectivity index (χ4v) is 3.86. The second-order valence-electron chi connectivity index (χ2n) is 8.28. The number of likely N-dealkylation sites (N-methyl/N-ethyl adjacent to an activating group) is 1. The van der Waals surface area contributed by atoms with Gasteiger partial charge in [0.25, 0.3) is 5.91 Å². The average molecular weight is 499 g/mol. The second-order valence-corrected chi connectivity index (χ2v) is 9.02. The van der Waals surface area contributed by atoms with E-state index in [0.29, 0.717) is 44.0 Å². The van der Waals surface area contributed by atoms with E-state index in [4.69, 9.17) is 5.73 Å². The number of nitrogens with zero attached hydrogens (tertiary/aromatic N) is 3. The Labute approximate surface area is 208 Å². The van der Waals surface area contributed by atoms with Crippen molar-refractivity contribution in [2.75, 3.05) is 44.8 Å². The molecule has 0 unspecified atom stereocenters. The molecule has 6 N–H and O–H groups in total. The van der Waals surface area contributed by atoms with Gasteiger partial charge in [-0.15, -0.1) is 11.3 Å². The molecule has 0 aliphatic carbocycles. The minimum absolute atomic E-state index is 0.180. The Kier molecular flexibility index (Phi) is 8.87. The molecule has 0 aliphatic rings. The van der Waals surface area contributed by atoms with Crippen LogP contribution in [0.3, 0.4) is 0 Å². The molecular weight excluding hydrogens is 468 g/mol. The molecule has 1 aromatic carbocycles. The highest BCUT2D eigenvalue weighted by atomic mass is 32.1. The van der Waals surface area contributed by atoms with Gasteiger partial charge in [-0.2, -0.15) is 0 Å². The molecule has 0 saturated carbocycles. The minimum Gasteiger partial charge on any atom is -0.504 e. The molecule has 10 nitrogen and oxygen atoms in total. The maximum atomic E-state index is 12.9. The standard InChI is InChI=1S/C24H30N6O4S/c1-29(2)9-10-30(24(34)26-8-7-16-4-6-21(31)22(32)11-16)13-17-3-5-19(27-12-17)23(33)28-20-15-35-14-18(20)25/h3-6,11-12,14-15,31-32H,7-10,13,25H2,1-2H3,(H,26,34)(H,28,33). The number of hydrogen-bond acceptors (Lipinski definition) is 8. The summed E-state index contributed by atoms with van der Waals surface area (Å²) in [4.78, 5) is 33.2. The number of aromatic hydroxyl groups is 2. The van der Waals surface area contributed by atoms with Gasteiger partial charge < -0.3 is 36.4 Å². The van der Waals surface area contributed by atoms with Gasteiger partial charge in [0.1, 0.15) is 5.69 Å². The lowest BCUT2D eigenvalue weighted by atomic mass is 10.1. The SMILES string of the molecule is CN(C)CCN(Cc1ccc(C(=O)Nc2cscc2N)nc1)C(=O)NCCc1ccc(O)c(O)c1. The predicted molar refractivity (Wildman–Crippen MR) is 137 cm³/mol. The Balaban J connectivity index is 1.58. The molecule has 3 aromatic rings. The zero-order chi connectivity index (χ0) is 25.4. The summed E-state index contributed by atoms with van der Waals surface area (Å²) in [6, 6.07) is 7.75. The molecule has 3 amide bonds. The molecule has 0 radical (unpaired) electrons. The highest BCUT2D eigenvalue weighted by Gasteiger charge is 2.16. The average Bonchev–Trinajstić information content (AvgIpc) is 3.23. The third-order valence-corrected chi connectivity index (χ3v) is 5.97. The first-order chi connectivity index (χ1) is 16.7. The summed E-state index contributed by atoms with van der Waals surface area (Å²) in [5.41, 5.74) is 8.70. The Bertz CT molecular complexity index is 1150. The van der Waals surface area contributed by atoms with E-state index in [-0.39, 0.29) is 29.1 Å². The second kappa shape index (κ2) is 12.0. The van der Waals surface area contributed by atoms with Gasteiger partial charge >= 0.3 is 6.03 Å². The van der Waals surface area contributed by atoms with Crippen molar-refractivity contribution in [3.63, 3.8) is 0 Å². The number of nitrogen functional groups attached to an aromatic ring is 1. The molecule has 0 atom stereocenters. The Morgan fingerprint density at radius 2 is 1.83 bits per heavy atom. The number of urea groups is 1. The van der Waals surface area contributed by atoms with Crippen molar-refractivity contribution in [1.82, 2.24) is 20.1 Å². The van der Waals surface area contributed by atoms with Gasteiger partial charge in [-0.1, -0.05) is 12.1 Å². The van der Waals surface area contributed by atoms with E-state index in [0.717, 1.165) is 11.1 Å². The fourth-order valence-electron chi connectivity index (χ4n) is 3.19. The fraction of sp³-hybridized carbons (Fsp3) is 0.292. The molecule has 2 aromatic heterocycles. The molecule has 0 spiro atoms. The summed E-state index contributed by atoms with van der Waals surface area (Å²) in [6.07, 6.45) is 2.09. The number of nitrogens with two attached hydrogens (primary N) is 1. The largest absolute Gasteiger partial charge is 0.504 e. The number of thiophene rings is 1. The quantitative estimate of drug-likeness (QED) is 0.270. The summed E-state index contributed by atoms with van der Waals surface area (Å²) in [5, 5.41) is 28.2. The number of phenolic OH excluding ortho intramolecular Hbond substituents is 2. The number of pyridine rings is 1. The summed E-state index contributed by atoms with van der Waals surface area (Å²) in [7, 11) is 3.87. The monoisotopic (exact) mass is 498 g/mol. The summed E-state index contributed by atoms with van der Waals surface area (Å²) in [6.45, 7) is 1.87. The van der Waals surface area contributed by atoms with Crippen molar-refractivity contribution in [3.05, 3.63) is 64.1 Å². The predicted octanol–water partition coefficient (Wildman–Crippen LogP) is 2.70. The van der Waals surface area contributed by atoms with Crippen LogP contribution >= 0.6 is 11.3 Å². The first-order valence-electron chi connectivity index (χ1n) is 11.0. The Hall–Kier alpha value is -3.83. The van der Waals surface area contributed by atoms with Crippen LogP contribution < -0.4 is 16.4 Å². The van der Waals surface area contributed by atoms with Crippen LogP contribution in [0.4, 0.5) is 16.2 Å². The van der Waals surface area contributed by atoms with Crippen LogP contribution in [0, 0.1) is 0 Å².